The number of rotatable bonds is 2. The van der Waals surface area contributed by atoms with Crippen molar-refractivity contribution in [3.8, 4) is 11.8 Å². The first kappa shape index (κ1) is 13.5. The van der Waals surface area contributed by atoms with Crippen LogP contribution < -0.4 is 16.0 Å². The number of aromatic nitrogens is 2. The first-order valence-corrected chi connectivity index (χ1v) is 7.02. The summed E-state index contributed by atoms with van der Waals surface area (Å²) in [5.41, 5.74) is 8.60. The van der Waals surface area contributed by atoms with E-state index in [-0.39, 0.29) is 0 Å². The van der Waals surface area contributed by atoms with Crippen LogP contribution in [0.15, 0.2) is 24.3 Å². The normalized spacial score (nSPS) is 15.0. The summed E-state index contributed by atoms with van der Waals surface area (Å²) in [6.07, 6.45) is 0. The molecule has 1 aromatic carbocycles. The van der Waals surface area contributed by atoms with E-state index in [9.17, 15) is 5.26 Å². The average molecular weight is 282 g/mol. The van der Waals surface area contributed by atoms with Crippen molar-refractivity contribution in [2.45, 2.75) is 6.92 Å². The molecule has 1 fully saturated rings. The maximum atomic E-state index is 9.43. The molecule has 6 nitrogen and oxygen atoms in total. The van der Waals surface area contributed by atoms with Gasteiger partial charge in [0.2, 0.25) is 0 Å². The van der Waals surface area contributed by atoms with Gasteiger partial charge in [-0.25, -0.2) is 4.68 Å². The van der Waals surface area contributed by atoms with Crippen molar-refractivity contribution in [1.82, 2.24) is 15.1 Å². The molecule has 6 heteroatoms. The predicted octanol–water partition coefficient (Wildman–Crippen LogP) is 1.04. The smallest absolute Gasteiger partial charge is 0.171 e. The van der Waals surface area contributed by atoms with Gasteiger partial charge in [-0.15, -0.1) is 5.10 Å². The van der Waals surface area contributed by atoms with Crippen molar-refractivity contribution in [2.24, 2.45) is 0 Å². The van der Waals surface area contributed by atoms with E-state index in [1.54, 1.807) is 4.68 Å². The molecular weight excluding hydrogens is 264 g/mol. The number of nitrogens with two attached hydrogens (primary N) is 1. The first-order chi connectivity index (χ1) is 10.2. The number of hydrogen-bond acceptors (Lipinski definition) is 5. The van der Waals surface area contributed by atoms with Gasteiger partial charge < -0.3 is 16.0 Å². The summed E-state index contributed by atoms with van der Waals surface area (Å²) in [5, 5.41) is 17.3. The van der Waals surface area contributed by atoms with E-state index in [1.807, 2.05) is 31.2 Å². The molecule has 1 aliphatic rings. The van der Waals surface area contributed by atoms with E-state index >= 15 is 0 Å². The van der Waals surface area contributed by atoms with E-state index in [0.29, 0.717) is 17.2 Å². The predicted molar refractivity (Wildman–Crippen MR) is 82.5 cm³/mol. The zero-order valence-corrected chi connectivity index (χ0v) is 12.0. The van der Waals surface area contributed by atoms with Crippen molar-refractivity contribution < 1.29 is 0 Å². The van der Waals surface area contributed by atoms with Gasteiger partial charge >= 0.3 is 0 Å². The number of nitriles is 1. The van der Waals surface area contributed by atoms with Crippen molar-refractivity contribution in [2.75, 3.05) is 36.8 Å². The third kappa shape index (κ3) is 2.32. The van der Waals surface area contributed by atoms with Crippen LogP contribution in [-0.2, 0) is 0 Å². The number of piperazine rings is 1. The van der Waals surface area contributed by atoms with Gasteiger partial charge in [-0.05, 0) is 18.6 Å². The summed E-state index contributed by atoms with van der Waals surface area (Å²) in [6.45, 7) is 5.45. The minimum absolute atomic E-state index is 0.403. The molecule has 2 heterocycles. The fraction of sp³-hybridized carbons (Fsp3) is 0.333. The van der Waals surface area contributed by atoms with Gasteiger partial charge in [0.1, 0.15) is 17.5 Å². The van der Waals surface area contributed by atoms with Crippen molar-refractivity contribution in [3.05, 3.63) is 35.4 Å². The zero-order valence-electron chi connectivity index (χ0n) is 12.0. The van der Waals surface area contributed by atoms with Crippen molar-refractivity contribution in [3.63, 3.8) is 0 Å². The van der Waals surface area contributed by atoms with Gasteiger partial charge in [0.25, 0.3) is 0 Å². The lowest BCUT2D eigenvalue weighted by Crippen LogP contribution is -2.44. The Balaban J connectivity index is 2.09. The average Bonchev–Trinajstić information content (AvgIpc) is 2.85. The highest BCUT2D eigenvalue weighted by molar-refractivity contribution is 5.67. The summed E-state index contributed by atoms with van der Waals surface area (Å²) in [4.78, 5) is 2.11. The van der Waals surface area contributed by atoms with E-state index in [1.165, 1.54) is 0 Å². The molecule has 0 atom stereocenters. The molecule has 1 aromatic heterocycles. The number of benzene rings is 1. The van der Waals surface area contributed by atoms with Gasteiger partial charge in [0, 0.05) is 26.2 Å². The molecule has 1 aliphatic heterocycles. The Morgan fingerprint density at radius 1 is 1.29 bits per heavy atom. The quantitative estimate of drug-likeness (QED) is 0.860. The molecule has 3 N–H and O–H groups in total. The van der Waals surface area contributed by atoms with E-state index in [2.05, 4.69) is 21.4 Å². The molecule has 2 aromatic rings. The second-order valence-corrected chi connectivity index (χ2v) is 5.13. The Labute approximate surface area is 123 Å². The Morgan fingerprint density at radius 3 is 2.67 bits per heavy atom. The molecule has 1 saturated heterocycles. The minimum Gasteiger partial charge on any atom is -0.382 e. The fourth-order valence-corrected chi connectivity index (χ4v) is 2.61. The second kappa shape index (κ2) is 5.46. The zero-order chi connectivity index (χ0) is 14.8. The van der Waals surface area contributed by atoms with Gasteiger partial charge in [-0.1, -0.05) is 18.2 Å². The van der Waals surface area contributed by atoms with Crippen LogP contribution in [0, 0.1) is 18.3 Å². The van der Waals surface area contributed by atoms with E-state index in [4.69, 9.17) is 5.73 Å². The summed E-state index contributed by atoms with van der Waals surface area (Å²) in [7, 11) is 0. The number of para-hydroxylation sites is 1. The first-order valence-electron chi connectivity index (χ1n) is 7.02. The van der Waals surface area contributed by atoms with E-state index < -0.39 is 0 Å². The van der Waals surface area contributed by atoms with Crippen LogP contribution in [0.1, 0.15) is 11.1 Å². The highest BCUT2D eigenvalue weighted by Gasteiger charge is 2.23. The highest BCUT2D eigenvalue weighted by Crippen LogP contribution is 2.28. The van der Waals surface area contributed by atoms with Crippen LogP contribution in [-0.4, -0.2) is 36.0 Å². The van der Waals surface area contributed by atoms with Crippen LogP contribution in [0.2, 0.25) is 0 Å². The topological polar surface area (TPSA) is 82.9 Å². The molecule has 108 valence electrons. The lowest BCUT2D eigenvalue weighted by atomic mass is 10.2. The maximum Gasteiger partial charge on any atom is 0.171 e. The Morgan fingerprint density at radius 2 is 2.00 bits per heavy atom. The third-order valence-electron chi connectivity index (χ3n) is 3.77. The Kier molecular flexibility index (Phi) is 3.50. The third-order valence-corrected chi connectivity index (χ3v) is 3.77. The summed E-state index contributed by atoms with van der Waals surface area (Å²) in [5.74, 6) is 1.08. The molecular formula is C15H18N6. The molecule has 0 radical (unpaired) electrons. The standard InChI is InChI=1S/C15H18N6/c1-11-4-2-3-5-13(11)21-14(17)12(10-16)15(19-21)20-8-6-18-7-9-20/h2-5,18H,6-9,17H2,1H3. The minimum atomic E-state index is 0.403. The Hall–Kier alpha value is -2.52. The van der Waals surface area contributed by atoms with Gasteiger partial charge in [0.05, 0.1) is 5.69 Å². The van der Waals surface area contributed by atoms with Crippen LogP contribution in [0.5, 0.6) is 0 Å². The molecule has 0 saturated carbocycles. The monoisotopic (exact) mass is 282 g/mol. The number of anilines is 2. The second-order valence-electron chi connectivity index (χ2n) is 5.13. The largest absolute Gasteiger partial charge is 0.382 e. The SMILES string of the molecule is Cc1ccccc1-n1nc(N2CCNCC2)c(C#N)c1N. The van der Waals surface area contributed by atoms with Crippen LogP contribution in [0.3, 0.4) is 0 Å². The van der Waals surface area contributed by atoms with E-state index in [0.717, 1.165) is 37.4 Å². The van der Waals surface area contributed by atoms with Gasteiger partial charge in [-0.3, -0.25) is 0 Å². The van der Waals surface area contributed by atoms with Gasteiger partial charge in [-0.2, -0.15) is 5.26 Å². The molecule has 21 heavy (non-hydrogen) atoms. The van der Waals surface area contributed by atoms with Crippen LogP contribution in [0.4, 0.5) is 11.6 Å². The Bertz CT molecular complexity index is 691. The molecule has 0 amide bonds. The molecule has 0 aliphatic carbocycles. The summed E-state index contributed by atoms with van der Waals surface area (Å²) >= 11 is 0. The lowest BCUT2D eigenvalue weighted by molar-refractivity contribution is 0.582. The summed E-state index contributed by atoms with van der Waals surface area (Å²) in [6, 6.07) is 10.1. The number of nitrogen functional groups attached to an aromatic ring is 1. The van der Waals surface area contributed by atoms with Crippen LogP contribution >= 0.6 is 0 Å². The number of aryl methyl sites for hydroxylation is 1. The molecule has 0 spiro atoms. The number of nitrogens with zero attached hydrogens (tertiary/aromatic N) is 4. The van der Waals surface area contributed by atoms with Crippen LogP contribution in [0.25, 0.3) is 5.69 Å². The molecule has 0 bridgehead atoms. The molecule has 0 unspecified atom stereocenters. The lowest BCUT2D eigenvalue weighted by Gasteiger charge is -2.27. The number of hydrogen-bond donors (Lipinski definition) is 2. The van der Waals surface area contributed by atoms with Gasteiger partial charge in [0.15, 0.2) is 5.82 Å². The summed E-state index contributed by atoms with van der Waals surface area (Å²) < 4.78 is 1.67. The maximum absolute atomic E-state index is 9.43. The molecule has 3 rings (SSSR count). The van der Waals surface area contributed by atoms with Crippen molar-refractivity contribution in [1.29, 1.82) is 5.26 Å². The fourth-order valence-electron chi connectivity index (χ4n) is 2.61. The number of nitrogens with one attached hydrogen (secondary N) is 1. The highest BCUT2D eigenvalue weighted by atomic mass is 15.4. The van der Waals surface area contributed by atoms with Crippen molar-refractivity contribution >= 4 is 11.6 Å².